The predicted octanol–water partition coefficient (Wildman–Crippen LogP) is 5.82. The number of nitrogens with one attached hydrogen (secondary N) is 4. The number of aldehydes is 1. The fourth-order valence-corrected chi connectivity index (χ4v) is 5.39. The van der Waals surface area contributed by atoms with Crippen molar-refractivity contribution in [3.8, 4) is 0 Å². The molecule has 4 N–H and O–H groups in total. The lowest BCUT2D eigenvalue weighted by atomic mass is 9.92. The zero-order valence-electron chi connectivity index (χ0n) is 30.2. The fraction of sp³-hybridized carbons (Fsp3) is 0.595. The highest BCUT2D eigenvalue weighted by Gasteiger charge is 2.32. The SMILES string of the molecule is CC=O.CCCCCNC(=O)OCCN1NNC2=C1c1ccccc1CN(C)C1=CCCC=C12.CCCOCCNC(=O)CC(C)CC. The van der Waals surface area contributed by atoms with Crippen molar-refractivity contribution in [1.29, 1.82) is 0 Å². The first kappa shape index (κ1) is 40.3. The average molecular weight is 669 g/mol. The number of allylic oxidation sites excluding steroid dienone is 2. The Labute approximate surface area is 288 Å². The number of alkyl carbamates (subject to hydrolysis) is 1. The maximum absolute atomic E-state index is 12.0. The third kappa shape index (κ3) is 13.7. The molecule has 2 aliphatic heterocycles. The summed E-state index contributed by atoms with van der Waals surface area (Å²) < 4.78 is 10.7. The van der Waals surface area contributed by atoms with Crippen LogP contribution in [0.4, 0.5) is 4.79 Å². The number of hydrogen-bond donors (Lipinski definition) is 4. The molecule has 1 aliphatic carbocycles. The molecule has 48 heavy (non-hydrogen) atoms. The highest BCUT2D eigenvalue weighted by molar-refractivity contribution is 5.77. The molecule has 3 aliphatic rings. The van der Waals surface area contributed by atoms with Crippen molar-refractivity contribution in [3.63, 3.8) is 0 Å². The van der Waals surface area contributed by atoms with Crippen molar-refractivity contribution in [2.45, 2.75) is 92.5 Å². The lowest BCUT2D eigenvalue weighted by molar-refractivity contribution is -0.122. The molecule has 0 saturated heterocycles. The van der Waals surface area contributed by atoms with E-state index in [1.54, 1.807) is 0 Å². The molecular formula is C37H60N6O5. The van der Waals surface area contributed by atoms with Crippen LogP contribution < -0.4 is 21.6 Å². The molecule has 4 rings (SSSR count). The van der Waals surface area contributed by atoms with E-state index in [0.717, 1.165) is 75.8 Å². The monoisotopic (exact) mass is 668 g/mol. The second-order valence-electron chi connectivity index (χ2n) is 12.1. The highest BCUT2D eigenvalue weighted by Crippen LogP contribution is 2.38. The first-order valence-corrected chi connectivity index (χ1v) is 17.7. The van der Waals surface area contributed by atoms with E-state index in [2.05, 4.69) is 103 Å². The fourth-order valence-electron chi connectivity index (χ4n) is 5.39. The molecule has 0 radical (unpaired) electrons. The van der Waals surface area contributed by atoms with Crippen LogP contribution in [-0.2, 0) is 25.6 Å². The Balaban J connectivity index is 0.000000396. The number of likely N-dealkylation sites (N-methyl/N-ethyl adjacent to an activating group) is 1. The van der Waals surface area contributed by atoms with Gasteiger partial charge in [-0.15, -0.1) is 5.53 Å². The van der Waals surface area contributed by atoms with Gasteiger partial charge < -0.3 is 35.2 Å². The highest BCUT2D eigenvalue weighted by atomic mass is 16.5. The summed E-state index contributed by atoms with van der Waals surface area (Å²) in [6.45, 7) is 14.2. The van der Waals surface area contributed by atoms with Crippen molar-refractivity contribution < 1.29 is 23.9 Å². The maximum atomic E-state index is 12.0. The molecule has 1 aromatic carbocycles. The topological polar surface area (TPSA) is 124 Å². The van der Waals surface area contributed by atoms with E-state index >= 15 is 0 Å². The number of amides is 2. The third-order valence-electron chi connectivity index (χ3n) is 8.06. The van der Waals surface area contributed by atoms with Gasteiger partial charge in [0.05, 0.1) is 24.5 Å². The predicted molar refractivity (Wildman–Crippen MR) is 192 cm³/mol. The number of carbonyl (C=O) groups is 3. The number of hydrazine groups is 2. The smallest absolute Gasteiger partial charge is 0.407 e. The molecule has 0 saturated carbocycles. The zero-order valence-corrected chi connectivity index (χ0v) is 30.2. The van der Waals surface area contributed by atoms with Gasteiger partial charge >= 0.3 is 6.09 Å². The normalized spacial score (nSPS) is 15.2. The largest absolute Gasteiger partial charge is 0.448 e. The van der Waals surface area contributed by atoms with Gasteiger partial charge in [0.25, 0.3) is 0 Å². The summed E-state index contributed by atoms with van der Waals surface area (Å²) in [5, 5.41) is 7.72. The number of benzene rings is 1. The van der Waals surface area contributed by atoms with Gasteiger partial charge in [0.15, 0.2) is 0 Å². The van der Waals surface area contributed by atoms with Gasteiger partial charge in [-0.1, -0.05) is 83.4 Å². The number of fused-ring (bicyclic) bond motifs is 4. The molecule has 0 aromatic heterocycles. The molecule has 0 spiro atoms. The first-order chi connectivity index (χ1) is 23.3. The van der Waals surface area contributed by atoms with E-state index in [1.165, 1.54) is 29.3 Å². The van der Waals surface area contributed by atoms with Crippen LogP contribution in [0.5, 0.6) is 0 Å². The van der Waals surface area contributed by atoms with Crippen LogP contribution in [0.2, 0.25) is 0 Å². The maximum Gasteiger partial charge on any atom is 0.407 e. The molecule has 1 aromatic rings. The minimum Gasteiger partial charge on any atom is -0.448 e. The van der Waals surface area contributed by atoms with E-state index in [-0.39, 0.29) is 12.0 Å². The first-order valence-electron chi connectivity index (χ1n) is 17.7. The Kier molecular flexibility index (Phi) is 19.7. The van der Waals surface area contributed by atoms with Crippen LogP contribution in [0.25, 0.3) is 5.70 Å². The average Bonchev–Trinajstić information content (AvgIpc) is 3.50. The number of rotatable bonds is 15. The lowest BCUT2D eigenvalue weighted by Crippen LogP contribution is -2.40. The summed E-state index contributed by atoms with van der Waals surface area (Å²) in [6.07, 6.45) is 13.1. The summed E-state index contributed by atoms with van der Waals surface area (Å²) in [7, 11) is 2.15. The van der Waals surface area contributed by atoms with Gasteiger partial charge in [0.2, 0.25) is 5.91 Å². The number of nitrogens with zero attached hydrogens (tertiary/aromatic N) is 2. The van der Waals surface area contributed by atoms with Crippen LogP contribution in [-0.4, -0.2) is 74.7 Å². The van der Waals surface area contributed by atoms with Crippen molar-refractivity contribution >= 4 is 24.0 Å². The molecule has 1 atom stereocenters. The van der Waals surface area contributed by atoms with Gasteiger partial charge in [-0.3, -0.25) is 9.80 Å². The molecule has 0 bridgehead atoms. The van der Waals surface area contributed by atoms with Gasteiger partial charge in [-0.05, 0) is 44.1 Å². The van der Waals surface area contributed by atoms with Crippen LogP contribution in [0, 0.1) is 5.92 Å². The number of ether oxygens (including phenoxy) is 2. The Bertz CT molecular complexity index is 1230. The Morgan fingerprint density at radius 2 is 1.75 bits per heavy atom. The van der Waals surface area contributed by atoms with Crippen LogP contribution in [0.3, 0.4) is 0 Å². The standard InChI is InChI=1S/C24H33N5O2.C11H23NO2.C2H4O/c1-3-4-9-14-25-24(30)31-16-15-29-23-19-11-6-5-10-18(19)17-28(2)21-13-8-7-12-20(21)22(23)26-27-29;1-4-7-14-8-6-12-11(13)9-10(3)5-2;1-2-3/h5-6,10-13,26-27H,3-4,7-9,14-17H2,1-2H3,(H,25,30);10H,4-9H2,1-3H3,(H,12,13);2H,1H3. The van der Waals surface area contributed by atoms with Gasteiger partial charge in [0, 0.05) is 56.5 Å². The molecule has 11 nitrogen and oxygen atoms in total. The minimum atomic E-state index is -0.350. The molecule has 2 amide bonds. The van der Waals surface area contributed by atoms with Crippen LogP contribution in [0.15, 0.2) is 53.4 Å². The summed E-state index contributed by atoms with van der Waals surface area (Å²) in [5.74, 6) is 0.617. The lowest BCUT2D eigenvalue weighted by Gasteiger charge is -2.31. The van der Waals surface area contributed by atoms with Gasteiger partial charge in [-0.2, -0.15) is 0 Å². The zero-order chi connectivity index (χ0) is 35.1. The van der Waals surface area contributed by atoms with Crippen molar-refractivity contribution in [2.24, 2.45) is 5.92 Å². The van der Waals surface area contributed by atoms with Crippen LogP contribution >= 0.6 is 0 Å². The number of carbonyl (C=O) groups excluding carboxylic acids is 3. The molecule has 0 fully saturated rings. The summed E-state index contributed by atoms with van der Waals surface area (Å²) >= 11 is 0. The van der Waals surface area contributed by atoms with E-state index in [0.29, 0.717) is 45.2 Å². The summed E-state index contributed by atoms with van der Waals surface area (Å²) in [5.41, 5.74) is 13.8. The van der Waals surface area contributed by atoms with E-state index < -0.39 is 0 Å². The second kappa shape index (κ2) is 23.5. The molecule has 1 unspecified atom stereocenters. The second-order valence-corrected chi connectivity index (χ2v) is 12.1. The quantitative estimate of drug-likeness (QED) is 0.135. The molecule has 268 valence electrons. The van der Waals surface area contributed by atoms with E-state index in [1.807, 2.05) is 0 Å². The summed E-state index contributed by atoms with van der Waals surface area (Å²) in [6, 6.07) is 8.52. The van der Waals surface area contributed by atoms with E-state index in [9.17, 15) is 9.59 Å². The molecule has 2 heterocycles. The van der Waals surface area contributed by atoms with Crippen molar-refractivity contribution in [2.75, 3.05) is 46.5 Å². The molecule has 11 heteroatoms. The summed E-state index contributed by atoms with van der Waals surface area (Å²) in [4.78, 5) is 34.4. The Morgan fingerprint density at radius 3 is 2.48 bits per heavy atom. The molecular weight excluding hydrogens is 608 g/mol. The minimum absolute atomic E-state index is 0.138. The van der Waals surface area contributed by atoms with Crippen LogP contribution in [0.1, 0.15) is 97.1 Å². The van der Waals surface area contributed by atoms with E-state index in [4.69, 9.17) is 14.3 Å². The van der Waals surface area contributed by atoms with Crippen molar-refractivity contribution in [3.05, 3.63) is 64.5 Å². The number of hydrogen-bond acceptors (Lipinski definition) is 9. The van der Waals surface area contributed by atoms with Gasteiger partial charge in [-0.25, -0.2) is 4.79 Å². The number of unbranched alkanes of at least 4 members (excludes halogenated alkanes) is 2. The van der Waals surface area contributed by atoms with Crippen molar-refractivity contribution in [1.82, 2.24) is 31.5 Å². The Hall–Kier alpha value is -3.83. The van der Waals surface area contributed by atoms with Gasteiger partial charge in [0.1, 0.15) is 12.9 Å². The Morgan fingerprint density at radius 1 is 1.00 bits per heavy atom. The third-order valence-corrected chi connectivity index (χ3v) is 8.06.